The van der Waals surface area contributed by atoms with E-state index in [1.54, 1.807) is 0 Å². The SMILES string of the molecule is CC1CCN(Cc2ccc(-c3nc(N)nc(N)c3C#N)cc2)CC1. The van der Waals surface area contributed by atoms with Crippen molar-refractivity contribution >= 4 is 11.8 Å². The van der Waals surface area contributed by atoms with Gasteiger partial charge in [0.15, 0.2) is 0 Å². The van der Waals surface area contributed by atoms with Crippen molar-refractivity contribution in [1.29, 1.82) is 5.26 Å². The van der Waals surface area contributed by atoms with Crippen LogP contribution in [0.15, 0.2) is 24.3 Å². The second-order valence-corrected chi connectivity index (χ2v) is 6.46. The van der Waals surface area contributed by atoms with E-state index in [1.807, 2.05) is 12.1 Å². The monoisotopic (exact) mass is 322 g/mol. The summed E-state index contributed by atoms with van der Waals surface area (Å²) in [6, 6.07) is 10.1. The van der Waals surface area contributed by atoms with Crippen molar-refractivity contribution in [2.45, 2.75) is 26.3 Å². The van der Waals surface area contributed by atoms with Gasteiger partial charge in [-0.25, -0.2) is 4.98 Å². The van der Waals surface area contributed by atoms with Crippen LogP contribution < -0.4 is 11.5 Å². The third-order valence-corrected chi connectivity index (χ3v) is 4.58. The fraction of sp³-hybridized carbons (Fsp3) is 0.389. The lowest BCUT2D eigenvalue weighted by atomic mass is 9.98. The van der Waals surface area contributed by atoms with Crippen molar-refractivity contribution in [2.75, 3.05) is 24.6 Å². The molecule has 0 atom stereocenters. The number of nitrogens with two attached hydrogens (primary N) is 2. The van der Waals surface area contributed by atoms with Crippen molar-refractivity contribution < 1.29 is 0 Å². The highest BCUT2D eigenvalue weighted by Gasteiger charge is 2.16. The first-order valence-electron chi connectivity index (χ1n) is 8.21. The van der Waals surface area contributed by atoms with Crippen LogP contribution in [0.3, 0.4) is 0 Å². The first-order chi connectivity index (χ1) is 11.6. The van der Waals surface area contributed by atoms with Gasteiger partial charge in [0.25, 0.3) is 0 Å². The van der Waals surface area contributed by atoms with Crippen LogP contribution in [0.25, 0.3) is 11.3 Å². The quantitative estimate of drug-likeness (QED) is 0.899. The first-order valence-corrected chi connectivity index (χ1v) is 8.21. The molecule has 2 heterocycles. The number of benzene rings is 1. The van der Waals surface area contributed by atoms with Crippen LogP contribution in [-0.4, -0.2) is 28.0 Å². The van der Waals surface area contributed by atoms with Crippen LogP contribution in [0.4, 0.5) is 11.8 Å². The van der Waals surface area contributed by atoms with Crippen molar-refractivity contribution in [2.24, 2.45) is 5.92 Å². The summed E-state index contributed by atoms with van der Waals surface area (Å²) < 4.78 is 0. The largest absolute Gasteiger partial charge is 0.382 e. The molecule has 6 nitrogen and oxygen atoms in total. The van der Waals surface area contributed by atoms with Gasteiger partial charge >= 0.3 is 0 Å². The van der Waals surface area contributed by atoms with E-state index in [2.05, 4.69) is 40.0 Å². The molecule has 0 unspecified atom stereocenters. The molecule has 4 N–H and O–H groups in total. The Balaban J connectivity index is 1.79. The van der Waals surface area contributed by atoms with Crippen molar-refractivity contribution in [3.05, 3.63) is 35.4 Å². The Morgan fingerprint density at radius 1 is 1.17 bits per heavy atom. The summed E-state index contributed by atoms with van der Waals surface area (Å²) in [6.45, 7) is 5.57. The van der Waals surface area contributed by atoms with Crippen molar-refractivity contribution in [1.82, 2.24) is 14.9 Å². The van der Waals surface area contributed by atoms with Gasteiger partial charge in [-0.15, -0.1) is 0 Å². The minimum absolute atomic E-state index is 0.0769. The number of piperidine rings is 1. The van der Waals surface area contributed by atoms with Crippen molar-refractivity contribution in [3.63, 3.8) is 0 Å². The van der Waals surface area contributed by atoms with Crippen LogP contribution >= 0.6 is 0 Å². The van der Waals surface area contributed by atoms with Crippen molar-refractivity contribution in [3.8, 4) is 17.3 Å². The number of nitriles is 1. The summed E-state index contributed by atoms with van der Waals surface area (Å²) in [6.07, 6.45) is 2.53. The Morgan fingerprint density at radius 3 is 2.46 bits per heavy atom. The van der Waals surface area contributed by atoms with E-state index in [0.717, 1.165) is 31.1 Å². The Bertz CT molecular complexity index is 754. The minimum atomic E-state index is 0.0769. The average Bonchev–Trinajstić information content (AvgIpc) is 2.57. The zero-order valence-electron chi connectivity index (χ0n) is 13.9. The van der Waals surface area contributed by atoms with E-state index in [-0.39, 0.29) is 17.3 Å². The minimum Gasteiger partial charge on any atom is -0.382 e. The Morgan fingerprint density at radius 2 is 1.83 bits per heavy atom. The number of anilines is 2. The lowest BCUT2D eigenvalue weighted by Crippen LogP contribution is -2.32. The predicted octanol–water partition coefficient (Wildman–Crippen LogP) is 2.41. The maximum absolute atomic E-state index is 9.29. The van der Waals surface area contributed by atoms with E-state index < -0.39 is 0 Å². The molecule has 0 aliphatic carbocycles. The van der Waals surface area contributed by atoms with Gasteiger partial charge in [-0.1, -0.05) is 31.2 Å². The number of likely N-dealkylation sites (tertiary alicyclic amines) is 1. The van der Waals surface area contributed by atoms with Crippen LogP contribution in [0.5, 0.6) is 0 Å². The van der Waals surface area contributed by atoms with Gasteiger partial charge in [0.05, 0.1) is 5.69 Å². The maximum atomic E-state index is 9.29. The van der Waals surface area contributed by atoms with Gasteiger partial charge in [-0.05, 0) is 37.4 Å². The van der Waals surface area contributed by atoms with E-state index >= 15 is 0 Å². The van der Waals surface area contributed by atoms with E-state index in [4.69, 9.17) is 11.5 Å². The highest BCUT2D eigenvalue weighted by atomic mass is 15.1. The summed E-state index contributed by atoms with van der Waals surface area (Å²) >= 11 is 0. The smallest absolute Gasteiger partial charge is 0.222 e. The molecule has 0 radical (unpaired) electrons. The lowest BCUT2D eigenvalue weighted by molar-refractivity contribution is 0.185. The summed E-state index contributed by atoms with van der Waals surface area (Å²) in [5.74, 6) is 1.03. The molecule has 1 fully saturated rings. The molecule has 124 valence electrons. The summed E-state index contributed by atoms with van der Waals surface area (Å²) in [4.78, 5) is 10.5. The lowest BCUT2D eigenvalue weighted by Gasteiger charge is -2.30. The molecule has 1 aromatic carbocycles. The Hall–Kier alpha value is -2.65. The second-order valence-electron chi connectivity index (χ2n) is 6.46. The molecule has 0 saturated carbocycles. The number of hydrogen-bond donors (Lipinski definition) is 2. The number of hydrogen-bond acceptors (Lipinski definition) is 6. The van der Waals surface area contributed by atoms with Crippen LogP contribution in [0.1, 0.15) is 30.9 Å². The molecule has 1 aromatic heterocycles. The standard InChI is InChI=1S/C18H22N6/c1-12-6-8-24(9-7-12)11-13-2-4-14(5-3-13)16-15(10-19)17(20)23-18(21)22-16/h2-5,12H,6-9,11H2,1H3,(H4,20,21,22,23). The average molecular weight is 322 g/mol. The zero-order chi connectivity index (χ0) is 17.1. The Labute approximate surface area is 142 Å². The number of aromatic nitrogens is 2. The fourth-order valence-corrected chi connectivity index (χ4v) is 3.06. The molecule has 0 spiro atoms. The number of nitrogen functional groups attached to an aromatic ring is 2. The topological polar surface area (TPSA) is 105 Å². The summed E-state index contributed by atoms with van der Waals surface area (Å²) in [5.41, 5.74) is 14.3. The second kappa shape index (κ2) is 6.85. The van der Waals surface area contributed by atoms with Gasteiger partial charge in [-0.2, -0.15) is 10.2 Å². The van der Waals surface area contributed by atoms with Gasteiger partial charge in [-0.3, -0.25) is 4.90 Å². The van der Waals surface area contributed by atoms with Gasteiger partial charge in [0, 0.05) is 12.1 Å². The molecule has 0 amide bonds. The summed E-state index contributed by atoms with van der Waals surface area (Å²) in [7, 11) is 0. The highest BCUT2D eigenvalue weighted by molar-refractivity contribution is 5.73. The molecule has 1 aliphatic heterocycles. The van der Waals surface area contributed by atoms with Crippen LogP contribution in [-0.2, 0) is 6.54 Å². The van der Waals surface area contributed by atoms with E-state index in [9.17, 15) is 5.26 Å². The van der Waals surface area contributed by atoms with E-state index in [1.165, 1.54) is 18.4 Å². The van der Waals surface area contributed by atoms with Crippen LogP contribution in [0, 0.1) is 17.2 Å². The summed E-state index contributed by atoms with van der Waals surface area (Å²) in [5, 5.41) is 9.29. The molecule has 3 rings (SSSR count). The van der Waals surface area contributed by atoms with Gasteiger partial charge in [0.2, 0.25) is 5.95 Å². The third-order valence-electron chi connectivity index (χ3n) is 4.58. The first kappa shape index (κ1) is 16.2. The molecular formula is C18H22N6. The number of rotatable bonds is 3. The van der Waals surface area contributed by atoms with Crippen LogP contribution in [0.2, 0.25) is 0 Å². The maximum Gasteiger partial charge on any atom is 0.222 e. The normalized spacial score (nSPS) is 16.0. The van der Waals surface area contributed by atoms with E-state index in [0.29, 0.717) is 5.69 Å². The zero-order valence-corrected chi connectivity index (χ0v) is 13.9. The fourth-order valence-electron chi connectivity index (χ4n) is 3.06. The number of nitrogens with zero attached hydrogens (tertiary/aromatic N) is 4. The molecule has 6 heteroatoms. The highest BCUT2D eigenvalue weighted by Crippen LogP contribution is 2.26. The molecule has 1 aliphatic rings. The van der Waals surface area contributed by atoms with Gasteiger partial charge < -0.3 is 11.5 Å². The molecular weight excluding hydrogens is 300 g/mol. The molecule has 1 saturated heterocycles. The Kier molecular flexibility index (Phi) is 4.63. The molecule has 2 aromatic rings. The predicted molar refractivity (Wildman–Crippen MR) is 94.7 cm³/mol. The van der Waals surface area contributed by atoms with Gasteiger partial charge in [0.1, 0.15) is 17.5 Å². The molecule has 24 heavy (non-hydrogen) atoms. The third kappa shape index (κ3) is 3.47. The molecule has 0 bridgehead atoms.